The summed E-state index contributed by atoms with van der Waals surface area (Å²) in [5.41, 5.74) is 1.18. The van der Waals surface area contributed by atoms with Crippen molar-refractivity contribution < 1.29 is 14.5 Å². The smallest absolute Gasteiger partial charge is 0.269 e. The molecule has 1 aromatic carbocycles. The average Bonchev–Trinajstić information content (AvgIpc) is 2.64. The molecule has 1 amide bonds. The number of anilines is 1. The first kappa shape index (κ1) is 12.2. The van der Waals surface area contributed by atoms with Crippen LogP contribution in [0.5, 0.6) is 0 Å². The number of nitro benzene ring substituents is 1. The van der Waals surface area contributed by atoms with Gasteiger partial charge in [0.2, 0.25) is 5.91 Å². The summed E-state index contributed by atoms with van der Waals surface area (Å²) in [6, 6.07) is 4.27. The summed E-state index contributed by atoms with van der Waals surface area (Å²) in [5, 5.41) is 10.6. The van der Waals surface area contributed by atoms with Gasteiger partial charge in [0.1, 0.15) is 0 Å². The number of hydrogen-bond acceptors (Lipinski definition) is 4. The molecular weight excluding hydrogens is 236 g/mol. The molecular formula is C12H12N2O4. The predicted octanol–water partition coefficient (Wildman–Crippen LogP) is 1.46. The van der Waals surface area contributed by atoms with Crippen LogP contribution in [0, 0.1) is 10.1 Å². The van der Waals surface area contributed by atoms with Gasteiger partial charge in [-0.2, -0.15) is 0 Å². The molecule has 0 aliphatic carbocycles. The molecule has 1 aliphatic rings. The molecule has 0 spiro atoms. The quantitative estimate of drug-likeness (QED) is 0.596. The summed E-state index contributed by atoms with van der Waals surface area (Å²) in [6.07, 6.45) is 0.486. The molecule has 0 radical (unpaired) electrons. The van der Waals surface area contributed by atoms with Gasteiger partial charge in [-0.15, -0.1) is 0 Å². The lowest BCUT2D eigenvalue weighted by molar-refractivity contribution is -0.384. The van der Waals surface area contributed by atoms with E-state index in [1.165, 1.54) is 23.1 Å². The molecule has 0 saturated carbocycles. The number of carbonyl (C=O) groups is 2. The Hall–Kier alpha value is -2.24. The molecule has 1 heterocycles. The second-order valence-electron chi connectivity index (χ2n) is 4.12. The summed E-state index contributed by atoms with van der Waals surface area (Å²) < 4.78 is 0. The molecule has 1 aliphatic heterocycles. The van der Waals surface area contributed by atoms with Crippen LogP contribution in [0.25, 0.3) is 0 Å². The minimum Gasteiger partial charge on any atom is -0.304 e. The largest absolute Gasteiger partial charge is 0.304 e. The van der Waals surface area contributed by atoms with Crippen molar-refractivity contribution in [3.05, 3.63) is 33.9 Å². The number of amides is 1. The van der Waals surface area contributed by atoms with E-state index < -0.39 is 4.92 Å². The SMILES string of the molecule is CCC(=O)CN1C(=O)Cc2cc([N+](=O)[O-])ccc21. The Kier molecular flexibility index (Phi) is 3.10. The number of rotatable bonds is 4. The first-order chi connectivity index (χ1) is 8.52. The van der Waals surface area contributed by atoms with E-state index in [4.69, 9.17) is 0 Å². The molecule has 0 unspecified atom stereocenters. The highest BCUT2D eigenvalue weighted by atomic mass is 16.6. The fourth-order valence-corrected chi connectivity index (χ4v) is 1.94. The molecule has 6 heteroatoms. The second kappa shape index (κ2) is 4.56. The molecule has 18 heavy (non-hydrogen) atoms. The third-order valence-electron chi connectivity index (χ3n) is 2.94. The third-order valence-corrected chi connectivity index (χ3v) is 2.94. The van der Waals surface area contributed by atoms with Crippen LogP contribution in [-0.4, -0.2) is 23.2 Å². The van der Waals surface area contributed by atoms with Gasteiger partial charge in [0.15, 0.2) is 5.78 Å². The van der Waals surface area contributed by atoms with Gasteiger partial charge in [-0.3, -0.25) is 19.7 Å². The summed E-state index contributed by atoms with van der Waals surface area (Å²) in [6.45, 7) is 1.78. The van der Waals surface area contributed by atoms with Crippen molar-refractivity contribution in [1.82, 2.24) is 0 Å². The standard InChI is InChI=1S/C12H12N2O4/c1-2-10(15)7-13-11-4-3-9(14(17)18)5-8(11)6-12(13)16/h3-5H,2,6-7H2,1H3. The third kappa shape index (κ3) is 2.09. The van der Waals surface area contributed by atoms with Crippen molar-refractivity contribution in [3.63, 3.8) is 0 Å². The van der Waals surface area contributed by atoms with Gasteiger partial charge in [-0.05, 0) is 11.6 Å². The van der Waals surface area contributed by atoms with Gasteiger partial charge in [0, 0.05) is 24.2 Å². The zero-order valence-electron chi connectivity index (χ0n) is 9.88. The van der Waals surface area contributed by atoms with Gasteiger partial charge in [-0.25, -0.2) is 0 Å². The Morgan fingerprint density at radius 2 is 2.22 bits per heavy atom. The van der Waals surface area contributed by atoms with Crippen molar-refractivity contribution in [2.45, 2.75) is 19.8 Å². The van der Waals surface area contributed by atoms with Crippen LogP contribution >= 0.6 is 0 Å². The average molecular weight is 248 g/mol. The first-order valence-corrected chi connectivity index (χ1v) is 5.62. The number of fused-ring (bicyclic) bond motifs is 1. The molecule has 6 nitrogen and oxygen atoms in total. The van der Waals surface area contributed by atoms with E-state index in [1.807, 2.05) is 0 Å². The number of carbonyl (C=O) groups excluding carboxylic acids is 2. The lowest BCUT2D eigenvalue weighted by Crippen LogP contribution is -2.32. The number of benzene rings is 1. The summed E-state index contributed by atoms with van der Waals surface area (Å²) >= 11 is 0. The summed E-state index contributed by atoms with van der Waals surface area (Å²) in [5.74, 6) is -0.221. The molecule has 0 bridgehead atoms. The van der Waals surface area contributed by atoms with Crippen LogP contribution in [0.4, 0.5) is 11.4 Å². The molecule has 0 atom stereocenters. The summed E-state index contributed by atoms with van der Waals surface area (Å²) in [7, 11) is 0. The highest BCUT2D eigenvalue weighted by molar-refractivity contribution is 6.05. The summed E-state index contributed by atoms with van der Waals surface area (Å²) in [4.78, 5) is 34.7. The number of nitro groups is 1. The normalized spacial score (nSPS) is 13.6. The zero-order valence-corrected chi connectivity index (χ0v) is 9.88. The fourth-order valence-electron chi connectivity index (χ4n) is 1.94. The predicted molar refractivity (Wildman–Crippen MR) is 64.5 cm³/mol. The van der Waals surface area contributed by atoms with Crippen LogP contribution in [0.3, 0.4) is 0 Å². The maximum atomic E-state index is 11.8. The minimum atomic E-state index is -0.495. The van der Waals surface area contributed by atoms with Crippen LogP contribution in [-0.2, 0) is 16.0 Å². The Bertz CT molecular complexity index is 539. The van der Waals surface area contributed by atoms with E-state index in [0.29, 0.717) is 17.7 Å². The number of nitrogens with zero attached hydrogens (tertiary/aromatic N) is 2. The topological polar surface area (TPSA) is 80.5 Å². The zero-order chi connectivity index (χ0) is 13.3. The number of hydrogen-bond donors (Lipinski definition) is 0. The van der Waals surface area contributed by atoms with Gasteiger partial charge in [-0.1, -0.05) is 6.92 Å². The van der Waals surface area contributed by atoms with Gasteiger partial charge >= 0.3 is 0 Å². The van der Waals surface area contributed by atoms with Crippen molar-refractivity contribution in [2.24, 2.45) is 0 Å². The van der Waals surface area contributed by atoms with Crippen molar-refractivity contribution in [1.29, 1.82) is 0 Å². The number of ketones is 1. The fraction of sp³-hybridized carbons (Fsp3) is 0.333. The Labute approximate surface area is 103 Å². The van der Waals surface area contributed by atoms with Gasteiger partial charge in [0.05, 0.1) is 17.9 Å². The van der Waals surface area contributed by atoms with Crippen LogP contribution in [0.2, 0.25) is 0 Å². The Morgan fingerprint density at radius 3 is 2.83 bits per heavy atom. The highest BCUT2D eigenvalue weighted by Crippen LogP contribution is 2.31. The molecule has 1 aromatic rings. The van der Waals surface area contributed by atoms with Gasteiger partial charge in [0.25, 0.3) is 5.69 Å². The van der Waals surface area contributed by atoms with E-state index in [2.05, 4.69) is 0 Å². The number of non-ortho nitro benzene ring substituents is 1. The molecule has 0 N–H and O–H groups in total. The monoisotopic (exact) mass is 248 g/mol. The van der Waals surface area contributed by atoms with Crippen LogP contribution in [0.1, 0.15) is 18.9 Å². The van der Waals surface area contributed by atoms with E-state index in [1.54, 1.807) is 6.92 Å². The van der Waals surface area contributed by atoms with E-state index >= 15 is 0 Å². The van der Waals surface area contributed by atoms with Crippen molar-refractivity contribution in [3.8, 4) is 0 Å². The maximum absolute atomic E-state index is 11.8. The molecule has 2 rings (SSSR count). The van der Waals surface area contributed by atoms with Crippen molar-refractivity contribution in [2.75, 3.05) is 11.4 Å². The molecule has 0 fully saturated rings. The highest BCUT2D eigenvalue weighted by Gasteiger charge is 2.29. The maximum Gasteiger partial charge on any atom is 0.269 e. The van der Waals surface area contributed by atoms with Crippen LogP contribution in [0.15, 0.2) is 18.2 Å². The van der Waals surface area contributed by atoms with E-state index in [9.17, 15) is 19.7 Å². The van der Waals surface area contributed by atoms with E-state index in [-0.39, 0.29) is 30.3 Å². The van der Waals surface area contributed by atoms with Gasteiger partial charge < -0.3 is 4.90 Å². The minimum absolute atomic E-state index is 0.0328. The first-order valence-electron chi connectivity index (χ1n) is 5.62. The van der Waals surface area contributed by atoms with Crippen molar-refractivity contribution >= 4 is 23.1 Å². The molecule has 94 valence electrons. The molecule has 0 aromatic heterocycles. The lowest BCUT2D eigenvalue weighted by atomic mass is 10.1. The lowest BCUT2D eigenvalue weighted by Gasteiger charge is -2.15. The Morgan fingerprint density at radius 1 is 1.50 bits per heavy atom. The second-order valence-corrected chi connectivity index (χ2v) is 4.12. The molecule has 0 saturated heterocycles. The number of Topliss-reactive ketones (excluding diaryl/α,β-unsaturated/α-hetero) is 1. The van der Waals surface area contributed by atoms with Crippen LogP contribution < -0.4 is 4.90 Å². The Balaban J connectivity index is 2.32. The van der Waals surface area contributed by atoms with E-state index in [0.717, 1.165) is 0 Å².